The van der Waals surface area contributed by atoms with Crippen molar-refractivity contribution >= 4 is 17.4 Å². The van der Waals surface area contributed by atoms with E-state index in [0.717, 1.165) is 67.3 Å². The molecule has 3 aliphatic heterocycles. The molecular formula is C25H32N6O. The van der Waals surface area contributed by atoms with Crippen LogP contribution in [0.4, 0.5) is 5.82 Å². The van der Waals surface area contributed by atoms with Crippen LogP contribution in [0.15, 0.2) is 48.7 Å². The van der Waals surface area contributed by atoms with Gasteiger partial charge in [0.25, 0.3) is 0 Å². The van der Waals surface area contributed by atoms with E-state index in [2.05, 4.69) is 42.3 Å². The summed E-state index contributed by atoms with van der Waals surface area (Å²) in [7, 11) is 0. The van der Waals surface area contributed by atoms with Crippen LogP contribution in [0.3, 0.4) is 0 Å². The number of hydrogen-bond donors (Lipinski definition) is 1. The predicted molar refractivity (Wildman–Crippen MR) is 127 cm³/mol. The molecule has 0 bridgehead atoms. The van der Waals surface area contributed by atoms with E-state index >= 15 is 0 Å². The maximum absolute atomic E-state index is 13.4. The summed E-state index contributed by atoms with van der Waals surface area (Å²) < 4.78 is 1.95. The first-order valence-electron chi connectivity index (χ1n) is 11.5. The van der Waals surface area contributed by atoms with Gasteiger partial charge in [-0.3, -0.25) is 4.79 Å². The van der Waals surface area contributed by atoms with E-state index < -0.39 is 0 Å². The maximum Gasteiger partial charge on any atom is 0.229 e. The molecule has 2 aromatic rings. The molecule has 0 spiro atoms. The number of nitrogens with zero attached hydrogens (tertiary/aromatic N) is 5. The number of rotatable bonds is 3. The van der Waals surface area contributed by atoms with Gasteiger partial charge in [-0.2, -0.15) is 9.61 Å². The Kier molecular flexibility index (Phi) is 5.16. The number of piperidine rings is 1. The molecule has 2 fully saturated rings. The number of amides is 1. The Hall–Kier alpha value is -2.93. The number of hydrogen-bond acceptors (Lipinski definition) is 5. The van der Waals surface area contributed by atoms with Gasteiger partial charge < -0.3 is 15.1 Å². The molecule has 1 amide bonds. The Balaban J connectivity index is 1.37. The molecule has 5 rings (SSSR count). The van der Waals surface area contributed by atoms with Crippen LogP contribution < -0.4 is 10.2 Å². The van der Waals surface area contributed by atoms with Crippen molar-refractivity contribution in [1.29, 1.82) is 0 Å². The first-order valence-corrected chi connectivity index (χ1v) is 11.5. The lowest BCUT2D eigenvalue weighted by Gasteiger charge is -2.46. The molecular weight excluding hydrogens is 400 g/mol. The van der Waals surface area contributed by atoms with Crippen LogP contribution in [-0.4, -0.2) is 64.7 Å². The highest BCUT2D eigenvalue weighted by atomic mass is 16.2. The van der Waals surface area contributed by atoms with Crippen molar-refractivity contribution in [3.8, 4) is 0 Å². The number of carbonyl (C=O) groups excluding carboxylic acids is 1. The molecule has 2 aromatic heterocycles. The van der Waals surface area contributed by atoms with Crippen LogP contribution in [0.25, 0.3) is 5.65 Å². The summed E-state index contributed by atoms with van der Waals surface area (Å²) in [4.78, 5) is 22.6. The van der Waals surface area contributed by atoms with Crippen LogP contribution in [0.5, 0.6) is 0 Å². The number of aromatic nitrogens is 3. The first kappa shape index (κ1) is 20.9. The zero-order valence-electron chi connectivity index (χ0n) is 19.1. The third-order valence-electron chi connectivity index (χ3n) is 7.09. The summed E-state index contributed by atoms with van der Waals surface area (Å²) >= 11 is 0. The molecule has 0 unspecified atom stereocenters. The summed E-state index contributed by atoms with van der Waals surface area (Å²) in [6.07, 6.45) is 7.44. The predicted octanol–water partition coefficient (Wildman–Crippen LogP) is 2.39. The minimum absolute atomic E-state index is 0.000442. The number of carbonyl (C=O) groups is 1. The van der Waals surface area contributed by atoms with E-state index in [1.165, 1.54) is 5.56 Å². The molecule has 7 nitrogen and oxygen atoms in total. The van der Waals surface area contributed by atoms with E-state index in [0.29, 0.717) is 13.1 Å². The van der Waals surface area contributed by atoms with E-state index in [1.54, 1.807) is 6.08 Å². The Morgan fingerprint density at radius 3 is 2.84 bits per heavy atom. The van der Waals surface area contributed by atoms with E-state index in [4.69, 9.17) is 4.98 Å². The zero-order valence-corrected chi connectivity index (χ0v) is 19.1. The average Bonchev–Trinajstić information content (AvgIpc) is 3.06. The quantitative estimate of drug-likeness (QED) is 0.807. The number of fused-ring (bicyclic) bond motifs is 2. The highest BCUT2D eigenvalue weighted by Gasteiger charge is 2.42. The molecule has 0 radical (unpaired) electrons. The molecule has 3 aliphatic rings. The van der Waals surface area contributed by atoms with Crippen LogP contribution in [0, 0.1) is 11.3 Å². The normalized spacial score (nSPS) is 22.6. The fourth-order valence-corrected chi connectivity index (χ4v) is 5.22. The zero-order chi connectivity index (χ0) is 22.5. The van der Waals surface area contributed by atoms with Gasteiger partial charge in [0, 0.05) is 56.2 Å². The van der Waals surface area contributed by atoms with Crippen LogP contribution in [0.1, 0.15) is 25.1 Å². The number of likely N-dealkylation sites (tertiary alicyclic amines) is 1. The molecule has 1 N–H and O–H groups in total. The van der Waals surface area contributed by atoms with Crippen LogP contribution in [0.2, 0.25) is 0 Å². The standard InChI is InChI=1S/C25H32N6O/c1-5-6-18-13-30(16-25(3,4)17(18)2)24(32)19-14-29(15-19)23-20-7-10-26-11-8-21(20)28-22-9-12-27-31(22)23/h5-6,9,12,19,26H,1-2,7-8,10-11,13-16H2,3-4H3/b18-6-. The number of allylic oxidation sites excluding steroid dienone is 2. The van der Waals surface area contributed by atoms with Crippen molar-refractivity contribution in [2.24, 2.45) is 11.3 Å². The fourth-order valence-electron chi connectivity index (χ4n) is 5.22. The summed E-state index contributed by atoms with van der Waals surface area (Å²) in [5.74, 6) is 1.35. The minimum atomic E-state index is -0.136. The van der Waals surface area contributed by atoms with Gasteiger partial charge in [-0.05, 0) is 24.1 Å². The lowest BCUT2D eigenvalue weighted by molar-refractivity contribution is -0.137. The molecule has 0 aliphatic carbocycles. The van der Waals surface area contributed by atoms with Gasteiger partial charge in [0.2, 0.25) is 5.91 Å². The Morgan fingerprint density at radius 2 is 2.06 bits per heavy atom. The summed E-state index contributed by atoms with van der Waals surface area (Å²) in [6, 6.07) is 1.96. The Labute approximate surface area is 189 Å². The largest absolute Gasteiger partial charge is 0.354 e. The molecule has 2 saturated heterocycles. The highest BCUT2D eigenvalue weighted by molar-refractivity contribution is 5.83. The van der Waals surface area contributed by atoms with Crippen molar-refractivity contribution in [3.05, 3.63) is 60.0 Å². The van der Waals surface area contributed by atoms with Gasteiger partial charge in [0.1, 0.15) is 5.82 Å². The summed E-state index contributed by atoms with van der Waals surface area (Å²) in [5.41, 5.74) is 5.37. The first-order chi connectivity index (χ1) is 15.4. The third kappa shape index (κ3) is 3.45. The third-order valence-corrected chi connectivity index (χ3v) is 7.09. The SMILES string of the molecule is C=C/C=C1/CN(C(=O)C2CN(c3c4c(nc5ccnn35)CCNCC4)C2)CC(C)(C)C1=C. The van der Waals surface area contributed by atoms with Crippen LogP contribution in [-0.2, 0) is 17.6 Å². The number of nitrogens with one attached hydrogen (secondary N) is 1. The lowest BCUT2D eigenvalue weighted by atomic mass is 9.76. The van der Waals surface area contributed by atoms with Crippen molar-refractivity contribution in [1.82, 2.24) is 24.8 Å². The molecule has 0 aromatic carbocycles. The molecule has 0 atom stereocenters. The van der Waals surface area contributed by atoms with Crippen molar-refractivity contribution < 1.29 is 4.79 Å². The van der Waals surface area contributed by atoms with Gasteiger partial charge in [0.15, 0.2) is 5.65 Å². The average molecular weight is 433 g/mol. The van der Waals surface area contributed by atoms with Crippen molar-refractivity contribution in [2.75, 3.05) is 44.2 Å². The van der Waals surface area contributed by atoms with E-state index in [-0.39, 0.29) is 17.2 Å². The molecule has 5 heterocycles. The van der Waals surface area contributed by atoms with Gasteiger partial charge in [-0.15, -0.1) is 0 Å². The molecule has 0 saturated carbocycles. The van der Waals surface area contributed by atoms with E-state index in [9.17, 15) is 4.79 Å². The van der Waals surface area contributed by atoms with Crippen molar-refractivity contribution in [2.45, 2.75) is 26.7 Å². The second-order valence-electron chi connectivity index (χ2n) is 9.80. The second kappa shape index (κ2) is 7.89. The van der Waals surface area contributed by atoms with Gasteiger partial charge in [-0.25, -0.2) is 4.98 Å². The van der Waals surface area contributed by atoms with Crippen LogP contribution >= 0.6 is 0 Å². The molecule has 32 heavy (non-hydrogen) atoms. The molecule has 168 valence electrons. The Morgan fingerprint density at radius 1 is 1.28 bits per heavy atom. The highest BCUT2D eigenvalue weighted by Crippen LogP contribution is 2.38. The fraction of sp³-hybridized carbons (Fsp3) is 0.480. The molecule has 7 heteroatoms. The smallest absolute Gasteiger partial charge is 0.229 e. The summed E-state index contributed by atoms with van der Waals surface area (Å²) in [6.45, 7) is 17.1. The Bertz CT molecular complexity index is 1120. The lowest BCUT2D eigenvalue weighted by Crippen LogP contribution is -2.58. The summed E-state index contributed by atoms with van der Waals surface area (Å²) in [5, 5.41) is 8.02. The monoisotopic (exact) mass is 432 g/mol. The van der Waals surface area contributed by atoms with Gasteiger partial charge >= 0.3 is 0 Å². The van der Waals surface area contributed by atoms with Crippen molar-refractivity contribution in [3.63, 3.8) is 0 Å². The topological polar surface area (TPSA) is 65.8 Å². The maximum atomic E-state index is 13.4. The van der Waals surface area contributed by atoms with Gasteiger partial charge in [0.05, 0.1) is 17.8 Å². The van der Waals surface area contributed by atoms with E-state index in [1.807, 2.05) is 27.8 Å². The minimum Gasteiger partial charge on any atom is -0.354 e. The van der Waals surface area contributed by atoms with Gasteiger partial charge in [-0.1, -0.05) is 39.2 Å². The second-order valence-corrected chi connectivity index (χ2v) is 9.80. The number of anilines is 1.